The second-order valence-electron chi connectivity index (χ2n) is 4.71. The lowest BCUT2D eigenvalue weighted by atomic mass is 10.1. The maximum absolute atomic E-state index is 3.68. The minimum Gasteiger partial charge on any atom is -0.135 e. The molecular formula is C15H12Br2S. The van der Waals surface area contributed by atoms with E-state index in [4.69, 9.17) is 0 Å². The molecular weight excluding hydrogens is 372 g/mol. The standard InChI is InChI=1S/C15H12Br2S/c1-7-4-10-11-5-8(2)14(17)9(3)15(11)18-13(10)6-12(7)16/h4-6H,1-3H3. The molecule has 0 atom stereocenters. The molecule has 0 radical (unpaired) electrons. The molecule has 0 bridgehead atoms. The van der Waals surface area contributed by atoms with Crippen molar-refractivity contribution in [2.45, 2.75) is 20.8 Å². The van der Waals surface area contributed by atoms with Crippen LogP contribution in [-0.4, -0.2) is 0 Å². The molecule has 0 N–H and O–H groups in total. The average Bonchev–Trinajstić information content (AvgIpc) is 2.66. The predicted octanol–water partition coefficient (Wildman–Crippen LogP) is 6.50. The molecule has 0 amide bonds. The fraction of sp³-hybridized carbons (Fsp3) is 0.200. The molecule has 1 aromatic heterocycles. The zero-order valence-electron chi connectivity index (χ0n) is 10.4. The lowest BCUT2D eigenvalue weighted by Crippen LogP contribution is -1.82. The van der Waals surface area contributed by atoms with Crippen LogP contribution in [0.15, 0.2) is 27.1 Å². The summed E-state index contributed by atoms with van der Waals surface area (Å²) in [6.07, 6.45) is 0. The van der Waals surface area contributed by atoms with Gasteiger partial charge in [0.2, 0.25) is 0 Å². The molecule has 0 fully saturated rings. The van der Waals surface area contributed by atoms with Gasteiger partial charge in [0.25, 0.3) is 0 Å². The van der Waals surface area contributed by atoms with Crippen molar-refractivity contribution < 1.29 is 0 Å². The Morgan fingerprint density at radius 3 is 2.28 bits per heavy atom. The molecule has 3 rings (SSSR count). The quantitative estimate of drug-likeness (QED) is 0.415. The van der Waals surface area contributed by atoms with Gasteiger partial charge in [0.05, 0.1) is 0 Å². The van der Waals surface area contributed by atoms with Gasteiger partial charge in [-0.05, 0) is 55.7 Å². The van der Waals surface area contributed by atoms with Crippen LogP contribution in [0.5, 0.6) is 0 Å². The second-order valence-corrected chi connectivity index (χ2v) is 7.41. The van der Waals surface area contributed by atoms with E-state index in [1.165, 1.54) is 45.8 Å². The number of thiophene rings is 1. The molecule has 0 nitrogen and oxygen atoms in total. The van der Waals surface area contributed by atoms with Crippen molar-refractivity contribution in [2.75, 3.05) is 0 Å². The summed E-state index contributed by atoms with van der Waals surface area (Å²) in [6, 6.07) is 6.81. The highest BCUT2D eigenvalue weighted by Crippen LogP contribution is 2.41. The van der Waals surface area contributed by atoms with Crippen LogP contribution in [0, 0.1) is 20.8 Å². The third-order valence-electron chi connectivity index (χ3n) is 3.38. The molecule has 0 unspecified atom stereocenters. The van der Waals surface area contributed by atoms with Crippen LogP contribution in [-0.2, 0) is 0 Å². The normalized spacial score (nSPS) is 11.6. The van der Waals surface area contributed by atoms with Gasteiger partial charge in [0.15, 0.2) is 0 Å². The Labute approximate surface area is 127 Å². The molecule has 1 heterocycles. The fourth-order valence-corrected chi connectivity index (χ4v) is 4.49. The number of fused-ring (bicyclic) bond motifs is 3. The molecule has 0 aliphatic heterocycles. The second kappa shape index (κ2) is 4.32. The first-order valence-electron chi connectivity index (χ1n) is 5.77. The number of rotatable bonds is 0. The van der Waals surface area contributed by atoms with Gasteiger partial charge < -0.3 is 0 Å². The van der Waals surface area contributed by atoms with Crippen molar-refractivity contribution in [3.63, 3.8) is 0 Å². The van der Waals surface area contributed by atoms with Gasteiger partial charge in [-0.3, -0.25) is 0 Å². The van der Waals surface area contributed by atoms with E-state index in [1.54, 1.807) is 0 Å². The number of aryl methyl sites for hydroxylation is 3. The summed E-state index contributed by atoms with van der Waals surface area (Å²) in [7, 11) is 0. The van der Waals surface area contributed by atoms with E-state index in [1.807, 2.05) is 11.3 Å². The SMILES string of the molecule is Cc1cc2c(cc1Br)sc1c(C)c(Br)c(C)cc12. The lowest BCUT2D eigenvalue weighted by molar-refractivity contribution is 1.40. The minimum atomic E-state index is 1.19. The van der Waals surface area contributed by atoms with Crippen molar-refractivity contribution in [1.29, 1.82) is 0 Å². The molecule has 3 aromatic rings. The summed E-state index contributed by atoms with van der Waals surface area (Å²) in [6.45, 7) is 6.49. The highest BCUT2D eigenvalue weighted by molar-refractivity contribution is 9.10. The maximum Gasteiger partial charge on any atom is 0.0396 e. The largest absolute Gasteiger partial charge is 0.135 e. The Bertz CT molecular complexity index is 784. The molecule has 18 heavy (non-hydrogen) atoms. The lowest BCUT2D eigenvalue weighted by Gasteiger charge is -2.04. The van der Waals surface area contributed by atoms with Crippen LogP contribution >= 0.6 is 43.2 Å². The zero-order valence-corrected chi connectivity index (χ0v) is 14.4. The first-order valence-corrected chi connectivity index (χ1v) is 8.17. The Morgan fingerprint density at radius 1 is 0.889 bits per heavy atom. The van der Waals surface area contributed by atoms with Crippen molar-refractivity contribution in [1.82, 2.24) is 0 Å². The summed E-state index contributed by atoms with van der Waals surface area (Å²) < 4.78 is 5.16. The molecule has 2 aromatic carbocycles. The van der Waals surface area contributed by atoms with Gasteiger partial charge in [0, 0.05) is 29.1 Å². The van der Waals surface area contributed by atoms with Gasteiger partial charge in [-0.2, -0.15) is 0 Å². The Morgan fingerprint density at radius 2 is 1.56 bits per heavy atom. The molecule has 0 aliphatic carbocycles. The van der Waals surface area contributed by atoms with E-state index in [0.29, 0.717) is 0 Å². The number of halogens is 2. The monoisotopic (exact) mass is 382 g/mol. The number of hydrogen-bond donors (Lipinski definition) is 0. The first kappa shape index (κ1) is 12.6. The Kier molecular flexibility index (Phi) is 3.04. The molecule has 0 saturated heterocycles. The Balaban J connectivity index is 2.56. The predicted molar refractivity (Wildman–Crippen MR) is 88.9 cm³/mol. The summed E-state index contributed by atoms with van der Waals surface area (Å²) in [5.74, 6) is 0. The van der Waals surface area contributed by atoms with Gasteiger partial charge in [-0.15, -0.1) is 11.3 Å². The summed E-state index contributed by atoms with van der Waals surface area (Å²) in [5.41, 5.74) is 3.95. The van der Waals surface area contributed by atoms with Crippen molar-refractivity contribution in [3.8, 4) is 0 Å². The number of hydrogen-bond acceptors (Lipinski definition) is 1. The van der Waals surface area contributed by atoms with Crippen molar-refractivity contribution >= 4 is 63.4 Å². The smallest absolute Gasteiger partial charge is 0.0396 e. The van der Waals surface area contributed by atoms with Gasteiger partial charge >= 0.3 is 0 Å². The van der Waals surface area contributed by atoms with E-state index in [2.05, 4.69) is 70.8 Å². The van der Waals surface area contributed by atoms with E-state index < -0.39 is 0 Å². The highest BCUT2D eigenvalue weighted by atomic mass is 79.9. The van der Waals surface area contributed by atoms with Gasteiger partial charge in [-0.25, -0.2) is 0 Å². The fourth-order valence-electron chi connectivity index (χ4n) is 2.34. The van der Waals surface area contributed by atoms with E-state index in [9.17, 15) is 0 Å². The van der Waals surface area contributed by atoms with E-state index >= 15 is 0 Å². The minimum absolute atomic E-state index is 1.19. The number of benzene rings is 2. The third kappa shape index (κ3) is 1.75. The van der Waals surface area contributed by atoms with Crippen molar-refractivity contribution in [2.24, 2.45) is 0 Å². The zero-order chi connectivity index (χ0) is 13.0. The topological polar surface area (TPSA) is 0 Å². The summed E-state index contributed by atoms with van der Waals surface area (Å²) >= 11 is 9.18. The molecule has 0 saturated carbocycles. The molecule has 92 valence electrons. The molecule has 3 heteroatoms. The van der Waals surface area contributed by atoms with Crippen LogP contribution in [0.25, 0.3) is 20.2 Å². The van der Waals surface area contributed by atoms with Gasteiger partial charge in [0.1, 0.15) is 0 Å². The van der Waals surface area contributed by atoms with Crippen LogP contribution in [0.4, 0.5) is 0 Å². The third-order valence-corrected chi connectivity index (χ3v) is 6.75. The van der Waals surface area contributed by atoms with Crippen LogP contribution in [0.1, 0.15) is 16.7 Å². The summed E-state index contributed by atoms with van der Waals surface area (Å²) in [4.78, 5) is 0. The van der Waals surface area contributed by atoms with Crippen LogP contribution < -0.4 is 0 Å². The van der Waals surface area contributed by atoms with E-state index in [-0.39, 0.29) is 0 Å². The van der Waals surface area contributed by atoms with Gasteiger partial charge in [-0.1, -0.05) is 31.9 Å². The van der Waals surface area contributed by atoms with Crippen LogP contribution in [0.3, 0.4) is 0 Å². The highest BCUT2D eigenvalue weighted by Gasteiger charge is 2.12. The Hall–Kier alpha value is -0.380. The first-order chi connectivity index (χ1) is 8.49. The summed E-state index contributed by atoms with van der Waals surface area (Å²) in [5, 5.41) is 2.75. The molecule has 0 aliphatic rings. The average molecular weight is 384 g/mol. The molecule has 0 spiro atoms. The van der Waals surface area contributed by atoms with Crippen LogP contribution in [0.2, 0.25) is 0 Å². The maximum atomic E-state index is 3.68. The van der Waals surface area contributed by atoms with E-state index in [0.717, 1.165) is 0 Å². The van der Waals surface area contributed by atoms with Crippen molar-refractivity contribution in [3.05, 3.63) is 43.8 Å².